The van der Waals surface area contributed by atoms with E-state index in [4.69, 9.17) is 18.9 Å². The zero-order chi connectivity index (χ0) is 26.9. The predicted molar refractivity (Wildman–Crippen MR) is 133 cm³/mol. The van der Waals surface area contributed by atoms with Crippen LogP contribution in [-0.2, 0) is 13.1 Å². The van der Waals surface area contributed by atoms with Crippen LogP contribution in [-0.4, -0.2) is 59.0 Å². The fraction of sp³-hybridized carbons (Fsp3) is 0.346. The van der Waals surface area contributed by atoms with Crippen LogP contribution in [0.15, 0.2) is 58.1 Å². The largest absolute Gasteiger partial charge is 0.497 e. The molecule has 2 aromatic carbocycles. The molecule has 196 valence electrons. The minimum Gasteiger partial charge on any atom is -0.497 e. The highest BCUT2D eigenvalue weighted by atomic mass is 16.5. The van der Waals surface area contributed by atoms with Crippen molar-refractivity contribution < 1.29 is 29.2 Å². The number of hydrogen-bond donors (Lipinski definition) is 2. The highest BCUT2D eigenvalue weighted by molar-refractivity contribution is 5.32. The Labute approximate surface area is 213 Å². The second-order valence-corrected chi connectivity index (χ2v) is 8.16. The van der Waals surface area contributed by atoms with Crippen LogP contribution in [0.3, 0.4) is 0 Å². The lowest BCUT2D eigenvalue weighted by atomic mass is 10.2. The Morgan fingerprint density at radius 3 is 1.59 bits per heavy atom. The fourth-order valence-corrected chi connectivity index (χ4v) is 3.56. The molecule has 0 amide bonds. The maximum atomic E-state index is 13.1. The minimum absolute atomic E-state index is 0.112. The van der Waals surface area contributed by atoms with Crippen molar-refractivity contribution in [2.24, 2.45) is 0 Å². The van der Waals surface area contributed by atoms with Crippen LogP contribution in [0.4, 0.5) is 0 Å². The summed E-state index contributed by atoms with van der Waals surface area (Å²) >= 11 is 0. The van der Waals surface area contributed by atoms with Gasteiger partial charge in [-0.3, -0.25) is 13.9 Å². The van der Waals surface area contributed by atoms with Gasteiger partial charge >= 0.3 is 5.69 Å². The van der Waals surface area contributed by atoms with Crippen LogP contribution in [0.1, 0.15) is 11.3 Å². The van der Waals surface area contributed by atoms with E-state index in [0.717, 1.165) is 9.13 Å². The molecule has 1 heterocycles. The van der Waals surface area contributed by atoms with Gasteiger partial charge in [-0.05, 0) is 55.5 Å². The Balaban J connectivity index is 1.72. The SMILES string of the molecule is COc1ccc(OCC(O)Cn2c(C)c(C#N)c(=O)n(CC(O)COc3ccc(OC)cc3)c2=O)cc1. The van der Waals surface area contributed by atoms with E-state index in [0.29, 0.717) is 23.0 Å². The average molecular weight is 512 g/mol. The van der Waals surface area contributed by atoms with Gasteiger partial charge in [0.1, 0.15) is 60.1 Å². The Hall–Kier alpha value is -4.27. The van der Waals surface area contributed by atoms with Gasteiger partial charge in [-0.25, -0.2) is 4.79 Å². The molecule has 0 aliphatic carbocycles. The van der Waals surface area contributed by atoms with Crippen molar-refractivity contribution in [1.82, 2.24) is 9.13 Å². The summed E-state index contributed by atoms with van der Waals surface area (Å²) in [6.07, 6.45) is -2.35. The number of hydrogen-bond acceptors (Lipinski definition) is 9. The molecule has 2 N–H and O–H groups in total. The first kappa shape index (κ1) is 27.3. The van der Waals surface area contributed by atoms with Gasteiger partial charge in [0, 0.05) is 5.69 Å². The molecular formula is C26H29N3O8. The summed E-state index contributed by atoms with van der Waals surface area (Å²) in [7, 11) is 3.08. The molecule has 37 heavy (non-hydrogen) atoms. The molecule has 0 saturated heterocycles. The third kappa shape index (κ3) is 6.91. The van der Waals surface area contributed by atoms with Crippen molar-refractivity contribution in [3.8, 4) is 29.1 Å². The third-order valence-corrected chi connectivity index (χ3v) is 5.59. The van der Waals surface area contributed by atoms with E-state index in [9.17, 15) is 25.1 Å². The Bertz CT molecular complexity index is 1340. The molecule has 2 atom stereocenters. The highest BCUT2D eigenvalue weighted by Crippen LogP contribution is 2.18. The maximum Gasteiger partial charge on any atom is 0.331 e. The van der Waals surface area contributed by atoms with Crippen molar-refractivity contribution in [3.63, 3.8) is 0 Å². The first-order valence-electron chi connectivity index (χ1n) is 11.4. The monoisotopic (exact) mass is 511 g/mol. The summed E-state index contributed by atoms with van der Waals surface area (Å²) < 4.78 is 23.1. The summed E-state index contributed by atoms with van der Waals surface area (Å²) in [5.74, 6) is 2.25. The van der Waals surface area contributed by atoms with Crippen molar-refractivity contribution in [3.05, 3.63) is 80.6 Å². The molecular weight excluding hydrogens is 482 g/mol. The number of aliphatic hydroxyl groups is 2. The molecule has 0 radical (unpaired) electrons. The first-order chi connectivity index (χ1) is 17.8. The van der Waals surface area contributed by atoms with Gasteiger partial charge in [-0.1, -0.05) is 0 Å². The van der Waals surface area contributed by atoms with Crippen LogP contribution >= 0.6 is 0 Å². The number of benzene rings is 2. The normalized spacial score (nSPS) is 12.3. The second-order valence-electron chi connectivity index (χ2n) is 8.16. The van der Waals surface area contributed by atoms with Crippen LogP contribution in [0, 0.1) is 18.3 Å². The van der Waals surface area contributed by atoms with Crippen molar-refractivity contribution >= 4 is 0 Å². The average Bonchev–Trinajstić information content (AvgIpc) is 2.92. The first-order valence-corrected chi connectivity index (χ1v) is 11.4. The van der Waals surface area contributed by atoms with Crippen LogP contribution in [0.5, 0.6) is 23.0 Å². The van der Waals surface area contributed by atoms with Crippen molar-refractivity contribution in [1.29, 1.82) is 5.26 Å². The van der Waals surface area contributed by atoms with E-state index in [1.165, 1.54) is 14.0 Å². The van der Waals surface area contributed by atoms with Crippen LogP contribution in [0.2, 0.25) is 0 Å². The minimum atomic E-state index is -1.22. The molecule has 0 aliphatic heterocycles. The van der Waals surface area contributed by atoms with E-state index in [1.807, 2.05) is 6.07 Å². The van der Waals surface area contributed by atoms with Gasteiger partial charge in [0.2, 0.25) is 0 Å². The third-order valence-electron chi connectivity index (χ3n) is 5.59. The van der Waals surface area contributed by atoms with Gasteiger partial charge in [-0.2, -0.15) is 5.26 Å². The lowest BCUT2D eigenvalue weighted by Crippen LogP contribution is -2.47. The molecule has 3 aromatic rings. The fourth-order valence-electron chi connectivity index (χ4n) is 3.56. The number of aromatic nitrogens is 2. The van der Waals surface area contributed by atoms with Crippen LogP contribution in [0.25, 0.3) is 0 Å². The lowest BCUT2D eigenvalue weighted by Gasteiger charge is -2.19. The van der Waals surface area contributed by atoms with Crippen molar-refractivity contribution in [2.75, 3.05) is 27.4 Å². The topological polar surface area (TPSA) is 145 Å². The Morgan fingerprint density at radius 2 is 1.19 bits per heavy atom. The Morgan fingerprint density at radius 1 is 0.784 bits per heavy atom. The molecule has 0 saturated carbocycles. The quantitative estimate of drug-likeness (QED) is 0.365. The van der Waals surface area contributed by atoms with Gasteiger partial charge in [0.25, 0.3) is 5.56 Å². The number of ether oxygens (including phenoxy) is 4. The summed E-state index contributed by atoms with van der Waals surface area (Å²) in [6.45, 7) is 0.477. The summed E-state index contributed by atoms with van der Waals surface area (Å²) in [4.78, 5) is 25.9. The standard InChI is InChI=1S/C26H29N3O8/c1-17-24(12-27)25(32)29(14-19(31)16-37-23-10-6-21(35-3)7-11-23)26(33)28(17)13-18(30)15-36-22-8-4-20(34-2)5-9-22/h4-11,18-19,30-31H,13-16H2,1-3H3. The van der Waals surface area contributed by atoms with E-state index in [2.05, 4.69) is 0 Å². The van der Waals surface area contributed by atoms with E-state index in [-0.39, 0.29) is 31.0 Å². The molecule has 0 fully saturated rings. The smallest absolute Gasteiger partial charge is 0.331 e. The second kappa shape index (κ2) is 12.6. The van der Waals surface area contributed by atoms with Gasteiger partial charge < -0.3 is 29.2 Å². The van der Waals surface area contributed by atoms with E-state index < -0.39 is 30.0 Å². The van der Waals surface area contributed by atoms with E-state index in [1.54, 1.807) is 55.6 Å². The molecule has 0 spiro atoms. The highest BCUT2D eigenvalue weighted by Gasteiger charge is 2.20. The summed E-state index contributed by atoms with van der Waals surface area (Å²) in [5, 5.41) is 30.5. The molecule has 1 aromatic heterocycles. The van der Waals surface area contributed by atoms with Crippen LogP contribution < -0.4 is 30.2 Å². The van der Waals surface area contributed by atoms with E-state index >= 15 is 0 Å². The number of rotatable bonds is 12. The molecule has 11 heteroatoms. The predicted octanol–water partition coefficient (Wildman–Crippen LogP) is 1.09. The number of methoxy groups -OCH3 is 2. The maximum absolute atomic E-state index is 13.1. The van der Waals surface area contributed by atoms with Gasteiger partial charge in [0.15, 0.2) is 0 Å². The number of aliphatic hydroxyl groups excluding tert-OH is 2. The number of nitriles is 1. The summed E-state index contributed by atoms with van der Waals surface area (Å²) in [5.41, 5.74) is -1.74. The number of nitrogens with zero attached hydrogens (tertiary/aromatic N) is 3. The molecule has 0 aliphatic rings. The van der Waals surface area contributed by atoms with Gasteiger partial charge in [-0.15, -0.1) is 0 Å². The zero-order valence-corrected chi connectivity index (χ0v) is 20.8. The summed E-state index contributed by atoms with van der Waals surface area (Å²) in [6, 6.07) is 15.2. The molecule has 0 bridgehead atoms. The molecule has 11 nitrogen and oxygen atoms in total. The zero-order valence-electron chi connectivity index (χ0n) is 20.8. The lowest BCUT2D eigenvalue weighted by molar-refractivity contribution is 0.0839. The molecule has 2 unspecified atom stereocenters. The Kier molecular flexibility index (Phi) is 9.32. The van der Waals surface area contributed by atoms with Gasteiger partial charge in [0.05, 0.1) is 27.3 Å². The molecule has 3 rings (SSSR count). The van der Waals surface area contributed by atoms with Crippen molar-refractivity contribution in [2.45, 2.75) is 32.2 Å².